The van der Waals surface area contributed by atoms with E-state index in [1.165, 1.54) is 0 Å². The molecule has 2 rings (SSSR count). The third-order valence-corrected chi connectivity index (χ3v) is 3.63. The Bertz CT molecular complexity index is 590. The number of pyridine rings is 1. The Kier molecular flexibility index (Phi) is 6.56. The van der Waals surface area contributed by atoms with Gasteiger partial charge in [0.05, 0.1) is 12.1 Å². The summed E-state index contributed by atoms with van der Waals surface area (Å²) < 4.78 is 0. The fraction of sp³-hybridized carbons (Fsp3) is 0.333. The van der Waals surface area contributed by atoms with E-state index < -0.39 is 6.10 Å². The highest BCUT2D eigenvalue weighted by molar-refractivity contribution is 5.74. The molecule has 1 heterocycles. The highest BCUT2D eigenvalue weighted by atomic mass is 16.3. The van der Waals surface area contributed by atoms with E-state index >= 15 is 0 Å². The van der Waals surface area contributed by atoms with E-state index in [2.05, 4.69) is 15.6 Å². The van der Waals surface area contributed by atoms with Crippen molar-refractivity contribution in [3.8, 4) is 0 Å². The Labute approximate surface area is 136 Å². The SMILES string of the molecule is CCC(NC(=O)NCC(O)Cc1ccccc1)c1ccncc1. The van der Waals surface area contributed by atoms with Crippen LogP contribution in [0.25, 0.3) is 0 Å². The minimum atomic E-state index is -0.607. The molecule has 0 aliphatic carbocycles. The van der Waals surface area contributed by atoms with Crippen molar-refractivity contribution in [2.24, 2.45) is 0 Å². The summed E-state index contributed by atoms with van der Waals surface area (Å²) in [6.07, 6.45) is 4.11. The molecule has 3 N–H and O–H groups in total. The van der Waals surface area contributed by atoms with Crippen molar-refractivity contribution in [3.63, 3.8) is 0 Å². The van der Waals surface area contributed by atoms with Crippen molar-refractivity contribution < 1.29 is 9.90 Å². The second-order valence-electron chi connectivity index (χ2n) is 5.44. The number of carbonyl (C=O) groups is 1. The fourth-order valence-corrected chi connectivity index (χ4v) is 2.39. The monoisotopic (exact) mass is 313 g/mol. The first-order valence-corrected chi connectivity index (χ1v) is 7.85. The molecule has 5 heteroatoms. The number of carbonyl (C=O) groups excluding carboxylic acids is 1. The van der Waals surface area contributed by atoms with E-state index in [1.54, 1.807) is 12.4 Å². The highest BCUT2D eigenvalue weighted by Crippen LogP contribution is 2.14. The third kappa shape index (κ3) is 5.71. The van der Waals surface area contributed by atoms with Crippen molar-refractivity contribution in [1.82, 2.24) is 15.6 Å². The lowest BCUT2D eigenvalue weighted by Crippen LogP contribution is -2.41. The molecule has 0 fully saturated rings. The Morgan fingerprint density at radius 3 is 2.52 bits per heavy atom. The summed E-state index contributed by atoms with van der Waals surface area (Å²) >= 11 is 0. The van der Waals surface area contributed by atoms with Gasteiger partial charge in [0.25, 0.3) is 0 Å². The number of urea groups is 1. The molecule has 0 saturated carbocycles. The van der Waals surface area contributed by atoms with Crippen LogP contribution in [0.1, 0.15) is 30.5 Å². The Morgan fingerprint density at radius 2 is 1.87 bits per heavy atom. The lowest BCUT2D eigenvalue weighted by atomic mass is 10.1. The summed E-state index contributed by atoms with van der Waals surface area (Å²) in [5.74, 6) is 0. The number of benzene rings is 1. The van der Waals surface area contributed by atoms with E-state index in [0.717, 1.165) is 17.5 Å². The molecule has 2 atom stereocenters. The average molecular weight is 313 g/mol. The summed E-state index contributed by atoms with van der Waals surface area (Å²) in [5.41, 5.74) is 2.06. The van der Waals surface area contributed by atoms with Gasteiger partial charge in [-0.25, -0.2) is 4.79 Å². The van der Waals surface area contributed by atoms with Gasteiger partial charge in [0.15, 0.2) is 0 Å². The zero-order valence-corrected chi connectivity index (χ0v) is 13.3. The van der Waals surface area contributed by atoms with Crippen LogP contribution in [-0.2, 0) is 6.42 Å². The number of amides is 2. The lowest BCUT2D eigenvalue weighted by molar-refractivity contribution is 0.170. The van der Waals surface area contributed by atoms with E-state index in [1.807, 2.05) is 49.4 Å². The van der Waals surface area contributed by atoms with Crippen LogP contribution in [0.3, 0.4) is 0 Å². The van der Waals surface area contributed by atoms with E-state index in [-0.39, 0.29) is 18.6 Å². The van der Waals surface area contributed by atoms with Gasteiger partial charge < -0.3 is 15.7 Å². The molecule has 0 spiro atoms. The number of aromatic nitrogens is 1. The van der Waals surface area contributed by atoms with Gasteiger partial charge in [-0.2, -0.15) is 0 Å². The first kappa shape index (κ1) is 17.0. The third-order valence-electron chi connectivity index (χ3n) is 3.63. The molecule has 0 bridgehead atoms. The number of nitrogens with zero attached hydrogens (tertiary/aromatic N) is 1. The standard InChI is InChI=1S/C18H23N3O2/c1-2-17(15-8-10-19-11-9-15)21-18(23)20-13-16(22)12-14-6-4-3-5-7-14/h3-11,16-17,22H,2,12-13H2,1H3,(H2,20,21,23). The molecule has 2 unspecified atom stereocenters. The van der Waals surface area contributed by atoms with Crippen molar-refractivity contribution in [2.45, 2.75) is 31.9 Å². The van der Waals surface area contributed by atoms with Crippen molar-refractivity contribution in [1.29, 1.82) is 0 Å². The van der Waals surface area contributed by atoms with Crippen LogP contribution in [-0.4, -0.2) is 28.8 Å². The van der Waals surface area contributed by atoms with Crippen LogP contribution in [0.5, 0.6) is 0 Å². The van der Waals surface area contributed by atoms with Crippen molar-refractivity contribution in [2.75, 3.05) is 6.54 Å². The van der Waals surface area contributed by atoms with E-state index in [0.29, 0.717) is 6.42 Å². The number of aliphatic hydroxyl groups is 1. The number of nitrogens with one attached hydrogen (secondary N) is 2. The van der Waals surface area contributed by atoms with Crippen LogP contribution in [0.4, 0.5) is 4.79 Å². The maximum atomic E-state index is 12.0. The summed E-state index contributed by atoms with van der Waals surface area (Å²) in [6, 6.07) is 13.2. The largest absolute Gasteiger partial charge is 0.391 e. The molecule has 0 aliphatic heterocycles. The zero-order valence-electron chi connectivity index (χ0n) is 13.3. The second-order valence-corrected chi connectivity index (χ2v) is 5.44. The van der Waals surface area contributed by atoms with Gasteiger partial charge in [-0.15, -0.1) is 0 Å². The molecule has 1 aromatic carbocycles. The number of aliphatic hydroxyl groups excluding tert-OH is 1. The van der Waals surface area contributed by atoms with Gasteiger partial charge in [0.1, 0.15) is 0 Å². The molecular weight excluding hydrogens is 290 g/mol. The molecule has 5 nitrogen and oxygen atoms in total. The molecule has 122 valence electrons. The first-order valence-electron chi connectivity index (χ1n) is 7.85. The summed E-state index contributed by atoms with van der Waals surface area (Å²) in [6.45, 7) is 2.23. The molecule has 0 saturated heterocycles. The Balaban J connectivity index is 1.78. The van der Waals surface area contributed by atoms with Crippen LogP contribution >= 0.6 is 0 Å². The summed E-state index contributed by atoms with van der Waals surface area (Å²) in [7, 11) is 0. The van der Waals surface area contributed by atoms with Crippen molar-refractivity contribution >= 4 is 6.03 Å². The first-order chi connectivity index (χ1) is 11.2. The molecule has 23 heavy (non-hydrogen) atoms. The van der Waals surface area contributed by atoms with Crippen molar-refractivity contribution in [3.05, 3.63) is 66.0 Å². The smallest absolute Gasteiger partial charge is 0.315 e. The second kappa shape index (κ2) is 8.90. The molecule has 2 aromatic rings. The lowest BCUT2D eigenvalue weighted by Gasteiger charge is -2.19. The van der Waals surface area contributed by atoms with Crippen LogP contribution in [0.2, 0.25) is 0 Å². The van der Waals surface area contributed by atoms with Gasteiger partial charge in [0, 0.05) is 25.4 Å². The summed E-state index contributed by atoms with van der Waals surface area (Å²) in [5, 5.41) is 15.6. The fourth-order valence-electron chi connectivity index (χ4n) is 2.39. The van der Waals surface area contributed by atoms with Gasteiger partial charge in [0.2, 0.25) is 0 Å². The highest BCUT2D eigenvalue weighted by Gasteiger charge is 2.13. The van der Waals surface area contributed by atoms with Gasteiger partial charge in [-0.05, 0) is 29.7 Å². The minimum Gasteiger partial charge on any atom is -0.391 e. The quantitative estimate of drug-likeness (QED) is 0.735. The normalized spacial score (nSPS) is 13.1. The van der Waals surface area contributed by atoms with Gasteiger partial charge in [-0.3, -0.25) is 4.98 Å². The van der Waals surface area contributed by atoms with Gasteiger partial charge >= 0.3 is 6.03 Å². The predicted octanol–water partition coefficient (Wildman–Crippen LogP) is 2.44. The van der Waals surface area contributed by atoms with Gasteiger partial charge in [-0.1, -0.05) is 37.3 Å². The topological polar surface area (TPSA) is 74.2 Å². The maximum Gasteiger partial charge on any atom is 0.315 e. The average Bonchev–Trinajstić information content (AvgIpc) is 2.59. The molecule has 0 aliphatic rings. The zero-order chi connectivity index (χ0) is 16.5. The van der Waals surface area contributed by atoms with Crippen LogP contribution < -0.4 is 10.6 Å². The summed E-state index contributed by atoms with van der Waals surface area (Å²) in [4.78, 5) is 16.0. The van der Waals surface area contributed by atoms with E-state index in [9.17, 15) is 9.90 Å². The molecule has 1 aromatic heterocycles. The molecule has 0 radical (unpaired) electrons. The predicted molar refractivity (Wildman–Crippen MR) is 90.0 cm³/mol. The number of hydrogen-bond acceptors (Lipinski definition) is 3. The minimum absolute atomic E-state index is 0.0655. The van der Waals surface area contributed by atoms with Crippen LogP contribution in [0.15, 0.2) is 54.9 Å². The molecule has 2 amide bonds. The number of rotatable bonds is 7. The van der Waals surface area contributed by atoms with Crippen LogP contribution in [0, 0.1) is 0 Å². The Hall–Kier alpha value is -2.40. The van der Waals surface area contributed by atoms with E-state index in [4.69, 9.17) is 0 Å². The Morgan fingerprint density at radius 1 is 1.17 bits per heavy atom. The molecular formula is C18H23N3O2. The maximum absolute atomic E-state index is 12.0. The number of hydrogen-bond donors (Lipinski definition) is 3.